The molecule has 0 aliphatic heterocycles. The Labute approximate surface area is 206 Å². The molecule has 5 rings (SSSR count). The van der Waals surface area contributed by atoms with E-state index in [4.69, 9.17) is 14.6 Å². The third-order valence-electron chi connectivity index (χ3n) is 6.36. The number of carbonyl (C=O) groups is 3. The number of aliphatic carboxylic acids is 1. The van der Waals surface area contributed by atoms with Gasteiger partial charge in [-0.15, -0.1) is 0 Å². The van der Waals surface area contributed by atoms with Gasteiger partial charge in [-0.05, 0) is 33.9 Å². The van der Waals surface area contributed by atoms with E-state index >= 15 is 0 Å². The standard InChI is InChI=1S/C28H24N2O6/c31-26(32)16-35-27(33)25(13-17-14-29-24-12-6-5-7-18(17)24)30-28(34)36-15-23-21-10-3-1-8-19(21)20-9-2-4-11-22(20)23/h1-12,14,23,25,29H,13,15-16H2,(H,30,34)(H,31,32)/t25-/m0/s1. The van der Waals surface area contributed by atoms with Crippen LogP contribution in [-0.2, 0) is 25.5 Å². The number of carbonyl (C=O) groups excluding carboxylic acids is 2. The average Bonchev–Trinajstić information content (AvgIpc) is 3.44. The minimum absolute atomic E-state index is 0.0871. The van der Waals surface area contributed by atoms with Crippen molar-refractivity contribution in [3.63, 3.8) is 0 Å². The molecule has 182 valence electrons. The first-order valence-electron chi connectivity index (χ1n) is 11.6. The molecule has 0 bridgehead atoms. The van der Waals surface area contributed by atoms with Gasteiger partial charge < -0.3 is 24.9 Å². The summed E-state index contributed by atoms with van der Waals surface area (Å²) >= 11 is 0. The van der Waals surface area contributed by atoms with Gasteiger partial charge in [-0.3, -0.25) is 0 Å². The molecule has 0 radical (unpaired) electrons. The fourth-order valence-electron chi connectivity index (χ4n) is 4.73. The summed E-state index contributed by atoms with van der Waals surface area (Å²) in [5.74, 6) is -2.26. The molecule has 3 aromatic carbocycles. The second kappa shape index (κ2) is 9.95. The minimum Gasteiger partial charge on any atom is -0.479 e. The number of esters is 1. The fraction of sp³-hybridized carbons (Fsp3) is 0.179. The van der Waals surface area contributed by atoms with Crippen LogP contribution in [0.25, 0.3) is 22.0 Å². The van der Waals surface area contributed by atoms with Crippen LogP contribution in [0.3, 0.4) is 0 Å². The maximum absolute atomic E-state index is 12.8. The number of fused-ring (bicyclic) bond motifs is 4. The van der Waals surface area contributed by atoms with Crippen LogP contribution in [-0.4, -0.2) is 47.4 Å². The third-order valence-corrected chi connectivity index (χ3v) is 6.36. The largest absolute Gasteiger partial charge is 0.479 e. The van der Waals surface area contributed by atoms with E-state index in [1.807, 2.05) is 72.8 Å². The number of H-pyrrole nitrogens is 1. The van der Waals surface area contributed by atoms with Crippen LogP contribution >= 0.6 is 0 Å². The molecular formula is C28H24N2O6. The van der Waals surface area contributed by atoms with Crippen LogP contribution in [0.5, 0.6) is 0 Å². The molecule has 1 aliphatic carbocycles. The Kier molecular flexibility index (Phi) is 6.40. The summed E-state index contributed by atoms with van der Waals surface area (Å²) in [7, 11) is 0. The first-order chi connectivity index (χ1) is 17.5. The maximum atomic E-state index is 12.8. The van der Waals surface area contributed by atoms with Gasteiger partial charge in [-0.2, -0.15) is 0 Å². The number of nitrogens with one attached hydrogen (secondary N) is 2. The number of benzene rings is 3. The van der Waals surface area contributed by atoms with E-state index in [0.29, 0.717) is 0 Å². The number of carboxylic acid groups (broad SMARTS) is 1. The lowest BCUT2D eigenvalue weighted by Gasteiger charge is -2.19. The number of hydrogen-bond donors (Lipinski definition) is 3. The first kappa shape index (κ1) is 23.2. The molecule has 36 heavy (non-hydrogen) atoms. The van der Waals surface area contributed by atoms with Crippen molar-refractivity contribution in [3.05, 3.63) is 95.7 Å². The Hall–Kier alpha value is -4.59. The van der Waals surface area contributed by atoms with Crippen LogP contribution in [0.4, 0.5) is 4.79 Å². The highest BCUT2D eigenvalue weighted by atomic mass is 16.6. The van der Waals surface area contributed by atoms with Crippen molar-refractivity contribution in [2.45, 2.75) is 18.4 Å². The van der Waals surface area contributed by atoms with Crippen molar-refractivity contribution in [2.75, 3.05) is 13.2 Å². The zero-order valence-electron chi connectivity index (χ0n) is 19.3. The number of alkyl carbamates (subject to hydrolysis) is 1. The summed E-state index contributed by atoms with van der Waals surface area (Å²) < 4.78 is 10.4. The Morgan fingerprint density at radius 2 is 1.53 bits per heavy atom. The van der Waals surface area contributed by atoms with Crippen molar-refractivity contribution < 1.29 is 29.0 Å². The van der Waals surface area contributed by atoms with Crippen LogP contribution in [0, 0.1) is 0 Å². The molecule has 0 saturated carbocycles. The van der Waals surface area contributed by atoms with Crippen molar-refractivity contribution in [3.8, 4) is 11.1 Å². The highest BCUT2D eigenvalue weighted by molar-refractivity contribution is 5.87. The molecule has 0 unspecified atom stereocenters. The minimum atomic E-state index is -1.28. The average molecular weight is 485 g/mol. The summed E-state index contributed by atoms with van der Waals surface area (Å²) in [4.78, 5) is 39.5. The second-order valence-electron chi connectivity index (χ2n) is 8.59. The Balaban J connectivity index is 1.30. The Bertz CT molecular complexity index is 1400. The number of hydrogen-bond acceptors (Lipinski definition) is 5. The van der Waals surface area contributed by atoms with E-state index in [9.17, 15) is 14.4 Å². The van der Waals surface area contributed by atoms with Gasteiger partial charge in [0.2, 0.25) is 0 Å². The quantitative estimate of drug-likeness (QED) is 0.322. The molecule has 4 aromatic rings. The van der Waals surface area contributed by atoms with Gasteiger partial charge in [0.1, 0.15) is 12.6 Å². The Morgan fingerprint density at radius 3 is 2.22 bits per heavy atom. The molecule has 0 fully saturated rings. The molecular weight excluding hydrogens is 460 g/mol. The van der Waals surface area contributed by atoms with Gasteiger partial charge in [0.25, 0.3) is 0 Å². The molecule has 0 saturated heterocycles. The topological polar surface area (TPSA) is 118 Å². The summed E-state index contributed by atoms with van der Waals surface area (Å²) in [5, 5.41) is 12.4. The molecule has 1 amide bonds. The first-order valence-corrected chi connectivity index (χ1v) is 11.6. The van der Waals surface area contributed by atoms with Gasteiger partial charge in [0, 0.05) is 29.4 Å². The van der Waals surface area contributed by atoms with E-state index in [0.717, 1.165) is 38.7 Å². The van der Waals surface area contributed by atoms with Gasteiger partial charge in [0.05, 0.1) is 0 Å². The van der Waals surface area contributed by atoms with E-state index < -0.39 is 30.7 Å². The van der Waals surface area contributed by atoms with Gasteiger partial charge in [0.15, 0.2) is 6.61 Å². The highest BCUT2D eigenvalue weighted by Crippen LogP contribution is 2.44. The molecule has 0 spiro atoms. The van der Waals surface area contributed by atoms with Crippen LogP contribution in [0.1, 0.15) is 22.6 Å². The van der Waals surface area contributed by atoms with Crippen LogP contribution < -0.4 is 5.32 Å². The summed E-state index contributed by atoms with van der Waals surface area (Å²) in [6, 6.07) is 22.4. The number of rotatable bonds is 8. The van der Waals surface area contributed by atoms with Crippen LogP contribution in [0.15, 0.2) is 79.0 Å². The van der Waals surface area contributed by atoms with E-state index in [1.165, 1.54) is 0 Å². The normalized spacial score (nSPS) is 13.0. The molecule has 3 N–H and O–H groups in total. The lowest BCUT2D eigenvalue weighted by molar-refractivity contribution is -0.156. The predicted octanol–water partition coefficient (Wildman–Crippen LogP) is 4.25. The van der Waals surface area contributed by atoms with Crippen molar-refractivity contribution in [1.82, 2.24) is 10.3 Å². The monoisotopic (exact) mass is 484 g/mol. The van der Waals surface area contributed by atoms with Crippen molar-refractivity contribution in [1.29, 1.82) is 0 Å². The fourth-order valence-corrected chi connectivity index (χ4v) is 4.73. The van der Waals surface area contributed by atoms with Crippen LogP contribution in [0.2, 0.25) is 0 Å². The molecule has 1 aromatic heterocycles. The van der Waals surface area contributed by atoms with E-state index in [2.05, 4.69) is 10.3 Å². The molecule has 1 aliphatic rings. The highest BCUT2D eigenvalue weighted by Gasteiger charge is 2.30. The second-order valence-corrected chi connectivity index (χ2v) is 8.59. The SMILES string of the molecule is O=C(O)COC(=O)[C@H](Cc1c[nH]c2ccccc12)NC(=O)OCC1c2ccccc2-c2ccccc21. The van der Waals surface area contributed by atoms with E-state index in [1.54, 1.807) is 6.20 Å². The number of aromatic amines is 1. The lowest BCUT2D eigenvalue weighted by Crippen LogP contribution is -2.44. The maximum Gasteiger partial charge on any atom is 0.407 e. The molecule has 8 nitrogen and oxygen atoms in total. The predicted molar refractivity (Wildman–Crippen MR) is 133 cm³/mol. The molecule has 1 heterocycles. The van der Waals surface area contributed by atoms with Gasteiger partial charge in [-0.1, -0.05) is 66.7 Å². The third kappa shape index (κ3) is 4.65. The Morgan fingerprint density at radius 1 is 0.889 bits per heavy atom. The summed E-state index contributed by atoms with van der Waals surface area (Å²) in [6.45, 7) is -0.709. The zero-order chi connectivity index (χ0) is 25.1. The van der Waals surface area contributed by atoms with E-state index in [-0.39, 0.29) is 18.9 Å². The van der Waals surface area contributed by atoms with Gasteiger partial charge >= 0.3 is 18.0 Å². The number of ether oxygens (including phenoxy) is 2. The number of carboxylic acids is 1. The smallest absolute Gasteiger partial charge is 0.407 e. The zero-order valence-corrected chi connectivity index (χ0v) is 19.3. The lowest BCUT2D eigenvalue weighted by atomic mass is 9.98. The van der Waals surface area contributed by atoms with Crippen molar-refractivity contribution in [2.24, 2.45) is 0 Å². The molecule has 8 heteroatoms. The van der Waals surface area contributed by atoms with Crippen molar-refractivity contribution >= 4 is 28.9 Å². The number of para-hydroxylation sites is 1. The summed E-state index contributed by atoms with van der Waals surface area (Å²) in [6.07, 6.45) is 1.07. The van der Waals surface area contributed by atoms with Gasteiger partial charge in [-0.25, -0.2) is 14.4 Å². The summed E-state index contributed by atoms with van der Waals surface area (Å²) in [5.41, 5.74) is 6.02. The molecule has 1 atom stereocenters. The number of amides is 1. The number of aromatic nitrogens is 1.